The minimum absolute atomic E-state index is 0.229. The highest BCUT2D eigenvalue weighted by atomic mass is 19.1. The number of nitrogens with zero attached hydrogens (tertiary/aromatic N) is 3. The standard InChI is InChI=1S/C14H18FN3/c1-10(2)18-12-7-5-6-11(15)13(12)16-14(18)17-8-3-4-9-17/h5-7,10H,3-4,8-9H2,1-2H3. The Morgan fingerprint density at radius 3 is 2.61 bits per heavy atom. The molecular formula is C14H18FN3. The second-order valence-corrected chi connectivity index (χ2v) is 5.18. The van der Waals surface area contributed by atoms with E-state index in [0.29, 0.717) is 5.52 Å². The van der Waals surface area contributed by atoms with E-state index in [0.717, 1.165) is 24.6 Å². The Morgan fingerprint density at radius 1 is 1.22 bits per heavy atom. The average molecular weight is 247 g/mol. The van der Waals surface area contributed by atoms with E-state index in [9.17, 15) is 4.39 Å². The monoisotopic (exact) mass is 247 g/mol. The normalized spacial score (nSPS) is 16.1. The smallest absolute Gasteiger partial charge is 0.206 e. The molecule has 1 aromatic carbocycles. The summed E-state index contributed by atoms with van der Waals surface area (Å²) in [5.74, 6) is 0.690. The number of halogens is 1. The molecule has 0 atom stereocenters. The third kappa shape index (κ3) is 1.67. The number of rotatable bonds is 2. The molecule has 2 heterocycles. The van der Waals surface area contributed by atoms with Crippen molar-refractivity contribution >= 4 is 17.0 Å². The highest BCUT2D eigenvalue weighted by molar-refractivity contribution is 5.79. The molecular weight excluding hydrogens is 229 g/mol. The molecule has 0 saturated carbocycles. The van der Waals surface area contributed by atoms with Crippen molar-refractivity contribution < 1.29 is 4.39 Å². The Balaban J connectivity index is 2.23. The predicted molar refractivity (Wildman–Crippen MR) is 71.5 cm³/mol. The molecule has 3 rings (SSSR count). The van der Waals surface area contributed by atoms with Crippen molar-refractivity contribution in [2.24, 2.45) is 0 Å². The molecule has 1 fully saturated rings. The first-order valence-corrected chi connectivity index (χ1v) is 6.60. The first-order chi connectivity index (χ1) is 8.68. The van der Waals surface area contributed by atoms with Crippen molar-refractivity contribution in [2.45, 2.75) is 32.7 Å². The van der Waals surface area contributed by atoms with Gasteiger partial charge in [0.2, 0.25) is 5.95 Å². The number of imidazole rings is 1. The molecule has 0 spiro atoms. The van der Waals surface area contributed by atoms with Crippen molar-refractivity contribution in [3.8, 4) is 0 Å². The molecule has 4 heteroatoms. The maximum Gasteiger partial charge on any atom is 0.206 e. The lowest BCUT2D eigenvalue weighted by molar-refractivity contribution is 0.609. The topological polar surface area (TPSA) is 21.1 Å². The first kappa shape index (κ1) is 11.5. The number of fused-ring (bicyclic) bond motifs is 1. The summed E-state index contributed by atoms with van der Waals surface area (Å²) < 4.78 is 16.0. The Bertz CT molecular complexity index is 568. The number of hydrogen-bond donors (Lipinski definition) is 0. The van der Waals surface area contributed by atoms with Crippen LogP contribution < -0.4 is 4.90 Å². The summed E-state index contributed by atoms with van der Waals surface area (Å²) in [4.78, 5) is 6.79. The maximum atomic E-state index is 13.8. The van der Waals surface area contributed by atoms with Gasteiger partial charge in [0.25, 0.3) is 0 Å². The zero-order valence-corrected chi connectivity index (χ0v) is 10.9. The van der Waals surface area contributed by atoms with Crippen molar-refractivity contribution in [2.75, 3.05) is 18.0 Å². The molecule has 2 aromatic rings. The van der Waals surface area contributed by atoms with Crippen molar-refractivity contribution in [1.82, 2.24) is 9.55 Å². The van der Waals surface area contributed by atoms with Crippen molar-refractivity contribution in [3.05, 3.63) is 24.0 Å². The summed E-state index contributed by atoms with van der Waals surface area (Å²) in [7, 11) is 0. The molecule has 0 unspecified atom stereocenters. The zero-order valence-electron chi connectivity index (χ0n) is 10.9. The van der Waals surface area contributed by atoms with Gasteiger partial charge in [-0.2, -0.15) is 0 Å². The van der Waals surface area contributed by atoms with Crippen LogP contribution in [0.1, 0.15) is 32.7 Å². The van der Waals surface area contributed by atoms with Gasteiger partial charge in [-0.05, 0) is 38.8 Å². The van der Waals surface area contributed by atoms with Crippen LogP contribution in [-0.4, -0.2) is 22.6 Å². The molecule has 0 amide bonds. The van der Waals surface area contributed by atoms with E-state index in [-0.39, 0.29) is 11.9 Å². The van der Waals surface area contributed by atoms with E-state index in [1.165, 1.54) is 18.9 Å². The van der Waals surface area contributed by atoms with Crippen LogP contribution in [0.5, 0.6) is 0 Å². The summed E-state index contributed by atoms with van der Waals surface area (Å²) in [5.41, 5.74) is 1.39. The van der Waals surface area contributed by atoms with E-state index < -0.39 is 0 Å². The molecule has 18 heavy (non-hydrogen) atoms. The van der Waals surface area contributed by atoms with Crippen LogP contribution in [0.15, 0.2) is 18.2 Å². The van der Waals surface area contributed by atoms with Gasteiger partial charge in [0.15, 0.2) is 5.82 Å². The zero-order chi connectivity index (χ0) is 12.7. The molecule has 1 aliphatic rings. The van der Waals surface area contributed by atoms with Crippen molar-refractivity contribution in [3.63, 3.8) is 0 Å². The SMILES string of the molecule is CC(C)n1c(N2CCCC2)nc2c(F)cccc21. The summed E-state index contributed by atoms with van der Waals surface area (Å²) >= 11 is 0. The summed E-state index contributed by atoms with van der Waals surface area (Å²) in [6.45, 7) is 6.28. The van der Waals surface area contributed by atoms with Gasteiger partial charge in [0.05, 0.1) is 5.52 Å². The second-order valence-electron chi connectivity index (χ2n) is 5.18. The molecule has 0 aliphatic carbocycles. The summed E-state index contributed by atoms with van der Waals surface area (Å²) in [6.07, 6.45) is 2.40. The Hall–Kier alpha value is -1.58. The average Bonchev–Trinajstić information content (AvgIpc) is 2.95. The molecule has 1 aromatic heterocycles. The number of para-hydroxylation sites is 1. The fourth-order valence-electron chi connectivity index (χ4n) is 2.72. The number of aromatic nitrogens is 2. The van der Waals surface area contributed by atoms with Crippen LogP contribution in [0, 0.1) is 5.82 Å². The first-order valence-electron chi connectivity index (χ1n) is 6.60. The van der Waals surface area contributed by atoms with Gasteiger partial charge in [-0.1, -0.05) is 6.07 Å². The Morgan fingerprint density at radius 2 is 1.94 bits per heavy atom. The minimum atomic E-state index is -0.229. The van der Waals surface area contributed by atoms with Gasteiger partial charge in [-0.3, -0.25) is 0 Å². The van der Waals surface area contributed by atoms with Crippen LogP contribution in [0.3, 0.4) is 0 Å². The van der Waals surface area contributed by atoms with Crippen molar-refractivity contribution in [1.29, 1.82) is 0 Å². The fraction of sp³-hybridized carbons (Fsp3) is 0.500. The third-order valence-corrected chi connectivity index (χ3v) is 3.56. The van der Waals surface area contributed by atoms with Gasteiger partial charge in [0, 0.05) is 19.1 Å². The molecule has 0 radical (unpaired) electrons. The maximum absolute atomic E-state index is 13.8. The number of benzene rings is 1. The molecule has 3 nitrogen and oxygen atoms in total. The van der Waals surface area contributed by atoms with Crippen LogP contribution in [0.2, 0.25) is 0 Å². The van der Waals surface area contributed by atoms with Gasteiger partial charge in [-0.15, -0.1) is 0 Å². The fourth-order valence-corrected chi connectivity index (χ4v) is 2.72. The van der Waals surface area contributed by atoms with E-state index in [2.05, 4.69) is 28.3 Å². The van der Waals surface area contributed by atoms with Crippen LogP contribution in [-0.2, 0) is 0 Å². The number of hydrogen-bond acceptors (Lipinski definition) is 2. The van der Waals surface area contributed by atoms with Crippen LogP contribution in [0.4, 0.5) is 10.3 Å². The highest BCUT2D eigenvalue weighted by Gasteiger charge is 2.22. The number of anilines is 1. The third-order valence-electron chi connectivity index (χ3n) is 3.56. The summed E-state index contributed by atoms with van der Waals surface area (Å²) in [6, 6.07) is 5.47. The van der Waals surface area contributed by atoms with Gasteiger partial charge in [0.1, 0.15) is 5.52 Å². The largest absolute Gasteiger partial charge is 0.342 e. The molecule has 96 valence electrons. The van der Waals surface area contributed by atoms with E-state index in [1.54, 1.807) is 6.07 Å². The highest BCUT2D eigenvalue weighted by Crippen LogP contribution is 2.29. The molecule has 0 bridgehead atoms. The Labute approximate surface area is 106 Å². The van der Waals surface area contributed by atoms with Crippen LogP contribution in [0.25, 0.3) is 11.0 Å². The predicted octanol–water partition coefficient (Wildman–Crippen LogP) is 3.36. The molecule has 1 aliphatic heterocycles. The lowest BCUT2D eigenvalue weighted by atomic mass is 10.3. The van der Waals surface area contributed by atoms with Gasteiger partial charge in [-0.25, -0.2) is 9.37 Å². The van der Waals surface area contributed by atoms with E-state index in [1.807, 2.05) is 6.07 Å². The van der Waals surface area contributed by atoms with E-state index in [4.69, 9.17) is 0 Å². The Kier molecular flexibility index (Phi) is 2.73. The van der Waals surface area contributed by atoms with E-state index >= 15 is 0 Å². The molecule has 1 saturated heterocycles. The van der Waals surface area contributed by atoms with Gasteiger partial charge < -0.3 is 9.47 Å². The molecule has 0 N–H and O–H groups in total. The van der Waals surface area contributed by atoms with Crippen LogP contribution >= 0.6 is 0 Å². The second kappa shape index (κ2) is 4.26. The quantitative estimate of drug-likeness (QED) is 0.811. The lowest BCUT2D eigenvalue weighted by Gasteiger charge is -2.20. The lowest BCUT2D eigenvalue weighted by Crippen LogP contribution is -2.22. The minimum Gasteiger partial charge on any atom is -0.342 e. The summed E-state index contributed by atoms with van der Waals surface area (Å²) in [5, 5.41) is 0. The van der Waals surface area contributed by atoms with Gasteiger partial charge >= 0.3 is 0 Å².